The Kier molecular flexibility index (Phi) is 5.46. The molecule has 0 bridgehead atoms. The second-order valence-electron chi connectivity index (χ2n) is 3.87. The molecule has 2 nitrogen and oxygen atoms in total. The largest absolute Gasteiger partial charge is 1.00 e. The highest BCUT2D eigenvalue weighted by Crippen LogP contribution is 2.19. The Bertz CT molecular complexity index is 317. The normalized spacial score (nSPS) is 20.5. The van der Waals surface area contributed by atoms with E-state index in [1.54, 1.807) is 7.11 Å². The average Bonchev–Trinajstić information content (AvgIpc) is 2.66. The summed E-state index contributed by atoms with van der Waals surface area (Å²) in [6.07, 6.45) is 3.70. The lowest BCUT2D eigenvalue weighted by Gasteiger charge is -2.11. The minimum Gasteiger partial charge on any atom is -1.00 e. The molecule has 0 N–H and O–H groups in total. The van der Waals surface area contributed by atoms with E-state index in [0.717, 1.165) is 12.3 Å². The van der Waals surface area contributed by atoms with Crippen molar-refractivity contribution in [3.8, 4) is 5.75 Å². The number of rotatable bonds is 3. The van der Waals surface area contributed by atoms with Gasteiger partial charge in [0, 0.05) is 13.0 Å². The molecule has 2 rings (SSSR count). The van der Waals surface area contributed by atoms with Crippen molar-refractivity contribution in [2.24, 2.45) is 0 Å². The molecule has 1 heterocycles. The molecule has 1 aromatic carbocycles. The van der Waals surface area contributed by atoms with Gasteiger partial charge in [-0.3, -0.25) is 0 Å². The highest BCUT2D eigenvalue weighted by atomic mass is 35.5. The standard InChI is InChI=1S/C12H18NOS.ClH/c1-14-12-6-4-11(5-7-12)10-13-8-3-9-15(13)2;/h4-7H,3,8-10H2,1-2H3;1H/q+1;/p-1. The first kappa shape index (κ1) is 13.7. The maximum Gasteiger partial charge on any atom is 0.128 e. The zero-order valence-electron chi connectivity index (χ0n) is 9.78. The van der Waals surface area contributed by atoms with Crippen LogP contribution in [0.1, 0.15) is 12.0 Å². The Hall–Kier alpha value is -0.380. The lowest BCUT2D eigenvalue weighted by molar-refractivity contribution is -0.00000348. The van der Waals surface area contributed by atoms with Crippen molar-refractivity contribution in [1.29, 1.82) is 0 Å². The summed E-state index contributed by atoms with van der Waals surface area (Å²) < 4.78 is 7.72. The van der Waals surface area contributed by atoms with Crippen molar-refractivity contribution >= 4 is 11.1 Å². The molecule has 1 saturated heterocycles. The van der Waals surface area contributed by atoms with Gasteiger partial charge in [0.15, 0.2) is 0 Å². The monoisotopic (exact) mass is 259 g/mol. The van der Waals surface area contributed by atoms with Gasteiger partial charge in [-0.2, -0.15) is 0 Å². The van der Waals surface area contributed by atoms with Crippen LogP contribution in [0.2, 0.25) is 0 Å². The van der Waals surface area contributed by atoms with Gasteiger partial charge in [-0.25, -0.2) is 0 Å². The van der Waals surface area contributed by atoms with E-state index in [2.05, 4.69) is 22.7 Å². The molecule has 0 saturated carbocycles. The molecule has 0 spiro atoms. The average molecular weight is 260 g/mol. The van der Waals surface area contributed by atoms with Crippen LogP contribution in [0.3, 0.4) is 0 Å². The van der Waals surface area contributed by atoms with Crippen molar-refractivity contribution in [3.05, 3.63) is 29.8 Å². The van der Waals surface area contributed by atoms with E-state index < -0.39 is 0 Å². The molecular weight excluding hydrogens is 242 g/mol. The molecule has 1 aromatic rings. The van der Waals surface area contributed by atoms with Gasteiger partial charge in [-0.15, -0.1) is 4.31 Å². The maximum atomic E-state index is 5.15. The van der Waals surface area contributed by atoms with Gasteiger partial charge >= 0.3 is 0 Å². The number of benzene rings is 1. The second-order valence-corrected chi connectivity index (χ2v) is 5.99. The lowest BCUT2D eigenvalue weighted by Crippen LogP contribution is -3.00. The van der Waals surface area contributed by atoms with Gasteiger partial charge in [0.1, 0.15) is 17.8 Å². The van der Waals surface area contributed by atoms with Crippen LogP contribution in [0, 0.1) is 0 Å². The molecule has 0 aromatic heterocycles. The van der Waals surface area contributed by atoms with Crippen LogP contribution in [0.25, 0.3) is 0 Å². The topological polar surface area (TPSA) is 12.5 Å². The summed E-state index contributed by atoms with van der Waals surface area (Å²) in [7, 11) is 1.71. The van der Waals surface area contributed by atoms with E-state index in [1.807, 2.05) is 12.1 Å². The van der Waals surface area contributed by atoms with Crippen LogP contribution in [0.4, 0.5) is 0 Å². The second kappa shape index (κ2) is 6.38. The van der Waals surface area contributed by atoms with Crippen molar-refractivity contribution in [2.45, 2.75) is 13.0 Å². The minimum absolute atomic E-state index is 0. The van der Waals surface area contributed by atoms with Gasteiger partial charge in [-0.1, -0.05) is 12.1 Å². The summed E-state index contributed by atoms with van der Waals surface area (Å²) in [6, 6.07) is 8.40. The summed E-state index contributed by atoms with van der Waals surface area (Å²) in [4.78, 5) is 0. The molecule has 0 amide bonds. The quantitative estimate of drug-likeness (QED) is 0.651. The van der Waals surface area contributed by atoms with Crippen LogP contribution in [0.5, 0.6) is 5.75 Å². The molecular formula is C12H18ClNOS. The first-order valence-electron chi connectivity index (χ1n) is 5.30. The number of methoxy groups -OCH3 is 1. The van der Waals surface area contributed by atoms with Crippen molar-refractivity contribution in [1.82, 2.24) is 4.31 Å². The van der Waals surface area contributed by atoms with Gasteiger partial charge in [0.05, 0.1) is 24.7 Å². The first-order valence-corrected chi connectivity index (χ1v) is 7.06. The number of nitrogens with zero attached hydrogens (tertiary/aromatic N) is 1. The Morgan fingerprint density at radius 2 is 2.00 bits per heavy atom. The molecule has 0 aliphatic carbocycles. The van der Waals surface area contributed by atoms with E-state index in [9.17, 15) is 0 Å². The fourth-order valence-electron chi connectivity index (χ4n) is 1.86. The van der Waals surface area contributed by atoms with Gasteiger partial charge in [0.25, 0.3) is 0 Å². The van der Waals surface area contributed by atoms with E-state index in [-0.39, 0.29) is 12.4 Å². The molecule has 16 heavy (non-hydrogen) atoms. The predicted octanol–water partition coefficient (Wildman–Crippen LogP) is -0.932. The number of hydrogen-bond acceptors (Lipinski definition) is 2. The minimum atomic E-state index is 0. The zero-order valence-corrected chi connectivity index (χ0v) is 11.4. The first-order chi connectivity index (χ1) is 7.29. The van der Waals surface area contributed by atoms with Crippen LogP contribution in [-0.4, -0.2) is 30.0 Å². The molecule has 4 heteroatoms. The lowest BCUT2D eigenvalue weighted by atomic mass is 10.2. The summed E-state index contributed by atoms with van der Waals surface area (Å²) in [5.74, 6) is 2.31. The molecule has 0 radical (unpaired) electrons. The van der Waals surface area contributed by atoms with Crippen molar-refractivity contribution in [2.75, 3.05) is 25.7 Å². The third kappa shape index (κ3) is 3.30. The highest BCUT2D eigenvalue weighted by molar-refractivity contribution is 7.94. The highest BCUT2D eigenvalue weighted by Gasteiger charge is 2.29. The zero-order chi connectivity index (χ0) is 10.7. The van der Waals surface area contributed by atoms with Gasteiger partial charge in [-0.05, 0) is 17.7 Å². The van der Waals surface area contributed by atoms with Crippen LogP contribution in [0.15, 0.2) is 24.3 Å². The van der Waals surface area contributed by atoms with Crippen molar-refractivity contribution in [3.63, 3.8) is 0 Å². The molecule has 1 unspecified atom stereocenters. The van der Waals surface area contributed by atoms with Crippen LogP contribution >= 0.6 is 0 Å². The maximum absolute atomic E-state index is 5.15. The third-order valence-corrected chi connectivity index (χ3v) is 4.88. The van der Waals surface area contributed by atoms with E-state index in [1.165, 1.54) is 24.3 Å². The predicted molar refractivity (Wildman–Crippen MR) is 66.2 cm³/mol. The Morgan fingerprint density at radius 3 is 2.50 bits per heavy atom. The fraction of sp³-hybridized carbons (Fsp3) is 0.500. The van der Waals surface area contributed by atoms with E-state index in [4.69, 9.17) is 4.74 Å². The molecule has 90 valence electrons. The molecule has 1 fully saturated rings. The third-order valence-electron chi connectivity index (χ3n) is 2.81. The van der Waals surface area contributed by atoms with Gasteiger partial charge in [0.2, 0.25) is 0 Å². The fourth-order valence-corrected chi connectivity index (χ4v) is 3.47. The Labute approximate surface area is 107 Å². The smallest absolute Gasteiger partial charge is 0.128 e. The Balaban J connectivity index is 0.00000128. The summed E-state index contributed by atoms with van der Waals surface area (Å²) >= 11 is 0.484. The Morgan fingerprint density at radius 1 is 1.31 bits per heavy atom. The SMILES string of the molecule is COc1ccc(CN2CCC[S+]2C)cc1.[Cl-]. The molecule has 1 aliphatic rings. The summed E-state index contributed by atoms with van der Waals surface area (Å²) in [5, 5.41) is 0. The summed E-state index contributed by atoms with van der Waals surface area (Å²) in [5.41, 5.74) is 1.39. The number of hydrogen-bond donors (Lipinski definition) is 0. The van der Waals surface area contributed by atoms with Crippen LogP contribution in [-0.2, 0) is 17.6 Å². The van der Waals surface area contributed by atoms with Crippen molar-refractivity contribution < 1.29 is 17.1 Å². The molecule has 1 aliphatic heterocycles. The number of halogens is 1. The van der Waals surface area contributed by atoms with Gasteiger partial charge < -0.3 is 17.1 Å². The van der Waals surface area contributed by atoms with E-state index >= 15 is 0 Å². The summed E-state index contributed by atoms with van der Waals surface area (Å²) in [6.45, 7) is 2.34. The van der Waals surface area contributed by atoms with E-state index in [0.29, 0.717) is 11.1 Å². The molecule has 1 atom stereocenters. The number of ether oxygens (including phenoxy) is 1. The van der Waals surface area contributed by atoms with Crippen LogP contribution < -0.4 is 17.1 Å².